The lowest BCUT2D eigenvalue weighted by atomic mass is 10.1. The molecule has 3 rings (SSSR count). The lowest BCUT2D eigenvalue weighted by Crippen LogP contribution is -1.95. The van der Waals surface area contributed by atoms with Crippen LogP contribution < -0.4 is 5.32 Å². The van der Waals surface area contributed by atoms with E-state index in [4.69, 9.17) is 11.6 Å². The first-order chi connectivity index (χ1) is 9.69. The fourth-order valence-corrected chi connectivity index (χ4v) is 2.46. The van der Waals surface area contributed by atoms with E-state index in [1.54, 1.807) is 7.05 Å². The predicted octanol–water partition coefficient (Wildman–Crippen LogP) is 4.74. The minimum absolute atomic E-state index is 0.314. The van der Waals surface area contributed by atoms with Crippen molar-refractivity contribution < 1.29 is 4.39 Å². The highest BCUT2D eigenvalue weighted by Gasteiger charge is 2.11. The predicted molar refractivity (Wildman–Crippen MR) is 81.7 cm³/mol. The Morgan fingerprint density at radius 3 is 2.55 bits per heavy atom. The molecule has 2 nitrogen and oxygen atoms in total. The minimum Gasteiger partial charge on any atom is -0.388 e. The Balaban J connectivity index is 2.32. The van der Waals surface area contributed by atoms with Gasteiger partial charge < -0.3 is 5.32 Å². The van der Waals surface area contributed by atoms with Gasteiger partial charge in [0.15, 0.2) is 0 Å². The molecule has 0 radical (unpaired) electrons. The first-order valence-corrected chi connectivity index (χ1v) is 6.60. The van der Waals surface area contributed by atoms with E-state index in [-0.39, 0.29) is 5.82 Å². The van der Waals surface area contributed by atoms with Crippen LogP contribution in [0.1, 0.15) is 0 Å². The Bertz CT molecular complexity index is 772. The normalized spacial score (nSPS) is 10.8. The van der Waals surface area contributed by atoms with E-state index in [0.29, 0.717) is 15.9 Å². The molecule has 0 bridgehead atoms. The molecular weight excluding hydrogens is 275 g/mol. The molecule has 20 heavy (non-hydrogen) atoms. The molecule has 1 N–H and O–H groups in total. The van der Waals surface area contributed by atoms with Crippen LogP contribution in [0.15, 0.2) is 48.5 Å². The summed E-state index contributed by atoms with van der Waals surface area (Å²) in [6.07, 6.45) is 0. The van der Waals surface area contributed by atoms with Crippen LogP contribution in [0.5, 0.6) is 0 Å². The highest BCUT2D eigenvalue weighted by molar-refractivity contribution is 6.35. The fourth-order valence-electron chi connectivity index (χ4n) is 2.22. The largest absolute Gasteiger partial charge is 0.388 e. The number of nitrogens with zero attached hydrogens (tertiary/aromatic N) is 1. The Labute approximate surface area is 121 Å². The molecule has 0 aliphatic carbocycles. The number of fused-ring (bicyclic) bond motifs is 1. The molecule has 4 heteroatoms. The molecule has 1 heterocycles. The summed E-state index contributed by atoms with van der Waals surface area (Å²) < 4.78 is 13.5. The van der Waals surface area contributed by atoms with Crippen LogP contribution in [0.3, 0.4) is 0 Å². The molecule has 0 aliphatic heterocycles. The summed E-state index contributed by atoms with van der Waals surface area (Å²) in [5.74, 6) is -0.367. The summed E-state index contributed by atoms with van der Waals surface area (Å²) in [7, 11) is 1.79. The minimum atomic E-state index is -0.367. The number of hydrogen-bond donors (Lipinski definition) is 1. The first-order valence-electron chi connectivity index (χ1n) is 6.22. The maximum atomic E-state index is 13.5. The summed E-state index contributed by atoms with van der Waals surface area (Å²) in [4.78, 5) is 4.56. The molecule has 0 unspecified atom stereocenters. The Hall–Kier alpha value is -2.13. The van der Waals surface area contributed by atoms with Crippen molar-refractivity contribution in [2.75, 3.05) is 12.4 Å². The van der Waals surface area contributed by atoms with Crippen LogP contribution in [0.4, 0.5) is 10.1 Å². The van der Waals surface area contributed by atoms with Gasteiger partial charge in [0.2, 0.25) is 0 Å². The molecule has 0 saturated heterocycles. The second-order valence-corrected chi connectivity index (χ2v) is 4.86. The van der Waals surface area contributed by atoms with Crippen LogP contribution in [0.25, 0.3) is 22.2 Å². The summed E-state index contributed by atoms with van der Waals surface area (Å²) in [6, 6.07) is 14.4. The molecular formula is C16H12ClFN2. The van der Waals surface area contributed by atoms with Gasteiger partial charge in [0.25, 0.3) is 0 Å². The third-order valence-corrected chi connectivity index (χ3v) is 3.46. The number of nitrogens with one attached hydrogen (secondary N) is 1. The van der Waals surface area contributed by atoms with Crippen molar-refractivity contribution in [1.29, 1.82) is 0 Å². The zero-order chi connectivity index (χ0) is 14.1. The summed E-state index contributed by atoms with van der Waals surface area (Å²) in [5, 5.41) is 4.06. The van der Waals surface area contributed by atoms with Crippen molar-refractivity contribution in [1.82, 2.24) is 4.98 Å². The summed E-state index contributed by atoms with van der Waals surface area (Å²) in [6.45, 7) is 0. The van der Waals surface area contributed by atoms with Gasteiger partial charge >= 0.3 is 0 Å². The maximum Gasteiger partial charge on any atom is 0.125 e. The molecule has 0 aliphatic rings. The van der Waals surface area contributed by atoms with Gasteiger partial charge in [-0.15, -0.1) is 0 Å². The molecule has 0 atom stereocenters. The molecule has 100 valence electrons. The monoisotopic (exact) mass is 286 g/mol. The van der Waals surface area contributed by atoms with Gasteiger partial charge in [-0.1, -0.05) is 41.9 Å². The lowest BCUT2D eigenvalue weighted by Gasteiger charge is -2.10. The number of benzene rings is 2. The zero-order valence-electron chi connectivity index (χ0n) is 10.8. The van der Waals surface area contributed by atoms with Gasteiger partial charge in [0, 0.05) is 23.7 Å². The van der Waals surface area contributed by atoms with Gasteiger partial charge in [-0.3, -0.25) is 0 Å². The standard InChI is InChI=1S/C16H12ClFN2/c1-19-15-9-14(10-5-3-2-4-6-10)20-16-12(15)7-11(18)8-13(16)17/h2-9H,1H3,(H,19,20). The Morgan fingerprint density at radius 1 is 1.10 bits per heavy atom. The Kier molecular flexibility index (Phi) is 3.28. The summed E-state index contributed by atoms with van der Waals surface area (Å²) in [5.41, 5.74) is 3.19. The van der Waals surface area contributed by atoms with Crippen LogP contribution in [-0.4, -0.2) is 12.0 Å². The zero-order valence-corrected chi connectivity index (χ0v) is 11.6. The molecule has 1 aromatic heterocycles. The van der Waals surface area contributed by atoms with Crippen molar-refractivity contribution in [3.63, 3.8) is 0 Å². The van der Waals surface area contributed by atoms with Crippen LogP contribution in [0, 0.1) is 5.82 Å². The van der Waals surface area contributed by atoms with Gasteiger partial charge in [-0.2, -0.15) is 0 Å². The van der Waals surface area contributed by atoms with Gasteiger partial charge in [-0.25, -0.2) is 9.37 Å². The number of rotatable bonds is 2. The van der Waals surface area contributed by atoms with E-state index in [1.165, 1.54) is 12.1 Å². The second kappa shape index (κ2) is 5.10. The Morgan fingerprint density at radius 2 is 1.85 bits per heavy atom. The number of pyridine rings is 1. The van der Waals surface area contributed by atoms with Crippen molar-refractivity contribution in [3.05, 3.63) is 59.4 Å². The highest BCUT2D eigenvalue weighted by atomic mass is 35.5. The number of aromatic nitrogens is 1. The van der Waals surface area contributed by atoms with Gasteiger partial charge in [-0.05, 0) is 18.2 Å². The van der Waals surface area contributed by atoms with E-state index in [2.05, 4.69) is 10.3 Å². The summed E-state index contributed by atoms with van der Waals surface area (Å²) >= 11 is 6.12. The molecule has 0 fully saturated rings. The second-order valence-electron chi connectivity index (χ2n) is 4.45. The van der Waals surface area contributed by atoms with E-state index >= 15 is 0 Å². The number of halogens is 2. The van der Waals surface area contributed by atoms with E-state index in [9.17, 15) is 4.39 Å². The highest BCUT2D eigenvalue weighted by Crippen LogP contribution is 2.32. The van der Waals surface area contributed by atoms with Gasteiger partial charge in [0.05, 0.1) is 16.2 Å². The molecule has 3 aromatic rings. The fraction of sp³-hybridized carbons (Fsp3) is 0.0625. The third-order valence-electron chi connectivity index (χ3n) is 3.17. The van der Waals surface area contributed by atoms with E-state index < -0.39 is 0 Å². The van der Waals surface area contributed by atoms with Crippen molar-refractivity contribution in [3.8, 4) is 11.3 Å². The van der Waals surface area contributed by atoms with Crippen LogP contribution in [0.2, 0.25) is 5.02 Å². The molecule has 0 amide bonds. The van der Waals surface area contributed by atoms with Crippen molar-refractivity contribution in [2.45, 2.75) is 0 Å². The average Bonchev–Trinajstić information content (AvgIpc) is 2.47. The maximum absolute atomic E-state index is 13.5. The third kappa shape index (κ3) is 2.21. The van der Waals surface area contributed by atoms with Crippen LogP contribution in [-0.2, 0) is 0 Å². The number of hydrogen-bond acceptors (Lipinski definition) is 2. The molecule has 0 spiro atoms. The van der Waals surface area contributed by atoms with Crippen LogP contribution >= 0.6 is 11.6 Å². The smallest absolute Gasteiger partial charge is 0.125 e. The van der Waals surface area contributed by atoms with Crippen molar-refractivity contribution >= 4 is 28.2 Å². The molecule has 2 aromatic carbocycles. The van der Waals surface area contributed by atoms with Gasteiger partial charge in [0.1, 0.15) is 5.82 Å². The lowest BCUT2D eigenvalue weighted by molar-refractivity contribution is 0.629. The quantitative estimate of drug-likeness (QED) is 0.736. The van der Waals surface area contributed by atoms with E-state index in [1.807, 2.05) is 36.4 Å². The SMILES string of the molecule is CNc1cc(-c2ccccc2)nc2c(Cl)cc(F)cc12. The first kappa shape index (κ1) is 12.9. The van der Waals surface area contributed by atoms with E-state index in [0.717, 1.165) is 16.9 Å². The number of anilines is 1. The average molecular weight is 287 g/mol. The topological polar surface area (TPSA) is 24.9 Å². The van der Waals surface area contributed by atoms with Crippen molar-refractivity contribution in [2.24, 2.45) is 0 Å². The molecule has 0 saturated carbocycles.